The van der Waals surface area contributed by atoms with E-state index in [1.54, 1.807) is 19.9 Å². The average Bonchev–Trinajstić information content (AvgIpc) is 2.76. The summed E-state index contributed by atoms with van der Waals surface area (Å²) in [4.78, 5) is 24.2. The molecule has 0 amide bonds. The fourth-order valence-corrected chi connectivity index (χ4v) is 3.29. The van der Waals surface area contributed by atoms with Gasteiger partial charge in [0.2, 0.25) is 0 Å². The zero-order valence-corrected chi connectivity index (χ0v) is 22.7. The van der Waals surface area contributed by atoms with E-state index in [1.165, 1.54) is 18.7 Å². The summed E-state index contributed by atoms with van der Waals surface area (Å²) in [6.07, 6.45) is -1.79. The molecule has 4 aromatic heterocycles. The molecule has 0 aromatic carbocycles. The largest absolute Gasteiger partial charge is 0.433 e. The molecule has 38 heavy (non-hydrogen) atoms. The quantitative estimate of drug-likeness (QED) is 0.305. The molecule has 204 valence electrons. The number of nitrogens with zero attached hydrogens (tertiary/aromatic N) is 6. The van der Waals surface area contributed by atoms with Crippen LogP contribution in [0, 0.1) is 0 Å². The molecule has 12 heteroatoms. The molecular formula is C26H33F3N8O. The zero-order chi connectivity index (χ0) is 28.5. The van der Waals surface area contributed by atoms with Gasteiger partial charge in [0.05, 0.1) is 16.5 Å². The number of hydrogen-bond donors (Lipinski definition) is 3. The lowest BCUT2D eigenvalue weighted by molar-refractivity contribution is -0.141. The van der Waals surface area contributed by atoms with Crippen LogP contribution in [-0.2, 0) is 11.8 Å². The average molecular weight is 531 g/mol. The molecule has 0 spiro atoms. The highest BCUT2D eigenvalue weighted by Gasteiger charge is 2.33. The molecule has 4 rings (SSSR count). The normalized spacial score (nSPS) is 12.7. The van der Waals surface area contributed by atoms with Crippen molar-refractivity contribution in [2.75, 3.05) is 10.6 Å². The molecule has 0 fully saturated rings. The van der Waals surface area contributed by atoms with Crippen molar-refractivity contribution in [3.63, 3.8) is 0 Å². The molecule has 0 aliphatic heterocycles. The summed E-state index contributed by atoms with van der Waals surface area (Å²) in [5, 5.41) is 17.7. The molecule has 4 heterocycles. The SMILES string of the molecule is CC(C)(C)Nc1ncnc2nc(C(C)(C)O)ccc12.CC(C)(C)Nc1ncnc2nc(C(F)(F)F)ccc12. The van der Waals surface area contributed by atoms with Gasteiger partial charge >= 0.3 is 6.18 Å². The number of halogens is 3. The van der Waals surface area contributed by atoms with Gasteiger partial charge in [-0.1, -0.05) is 0 Å². The molecule has 0 radical (unpaired) electrons. The first-order valence-corrected chi connectivity index (χ1v) is 11.9. The topological polar surface area (TPSA) is 122 Å². The van der Waals surface area contributed by atoms with Crippen LogP contribution in [0.25, 0.3) is 22.1 Å². The van der Waals surface area contributed by atoms with Crippen molar-refractivity contribution < 1.29 is 18.3 Å². The summed E-state index contributed by atoms with van der Waals surface area (Å²) in [5.41, 5.74) is -1.07. The molecule has 0 unspecified atom stereocenters. The highest BCUT2D eigenvalue weighted by Crippen LogP contribution is 2.30. The van der Waals surface area contributed by atoms with E-state index >= 15 is 0 Å². The zero-order valence-electron chi connectivity index (χ0n) is 22.7. The van der Waals surface area contributed by atoms with Crippen molar-refractivity contribution in [1.29, 1.82) is 0 Å². The van der Waals surface area contributed by atoms with Crippen LogP contribution in [0.4, 0.5) is 24.8 Å². The monoisotopic (exact) mass is 530 g/mol. The van der Waals surface area contributed by atoms with E-state index in [-0.39, 0.29) is 16.7 Å². The number of hydrogen-bond acceptors (Lipinski definition) is 9. The summed E-state index contributed by atoms with van der Waals surface area (Å²) >= 11 is 0. The summed E-state index contributed by atoms with van der Waals surface area (Å²) in [7, 11) is 0. The predicted octanol–water partition coefficient (Wildman–Crippen LogP) is 5.72. The van der Waals surface area contributed by atoms with E-state index in [9.17, 15) is 18.3 Å². The third-order valence-corrected chi connectivity index (χ3v) is 4.90. The van der Waals surface area contributed by atoms with Crippen LogP contribution >= 0.6 is 0 Å². The van der Waals surface area contributed by atoms with E-state index in [0.29, 0.717) is 22.5 Å². The van der Waals surface area contributed by atoms with Crippen LogP contribution in [0.2, 0.25) is 0 Å². The molecule has 0 saturated carbocycles. The number of nitrogens with one attached hydrogen (secondary N) is 2. The van der Waals surface area contributed by atoms with Crippen LogP contribution in [-0.4, -0.2) is 46.1 Å². The third kappa shape index (κ3) is 7.67. The Kier molecular flexibility index (Phi) is 7.79. The minimum Gasteiger partial charge on any atom is -0.384 e. The van der Waals surface area contributed by atoms with Gasteiger partial charge in [-0.15, -0.1) is 0 Å². The van der Waals surface area contributed by atoms with E-state index in [0.717, 1.165) is 17.3 Å². The molecule has 0 aliphatic rings. The molecule has 0 saturated heterocycles. The number of anilines is 2. The van der Waals surface area contributed by atoms with Crippen molar-refractivity contribution in [2.45, 2.75) is 78.2 Å². The Morgan fingerprint density at radius 1 is 0.605 bits per heavy atom. The van der Waals surface area contributed by atoms with Crippen LogP contribution < -0.4 is 10.6 Å². The molecular weight excluding hydrogens is 497 g/mol. The Morgan fingerprint density at radius 2 is 1.00 bits per heavy atom. The second kappa shape index (κ2) is 10.2. The van der Waals surface area contributed by atoms with Gasteiger partial charge < -0.3 is 15.7 Å². The molecule has 0 bridgehead atoms. The number of alkyl halides is 3. The molecule has 9 nitrogen and oxygen atoms in total. The van der Waals surface area contributed by atoms with Crippen LogP contribution in [0.1, 0.15) is 66.8 Å². The van der Waals surface area contributed by atoms with Gasteiger partial charge in [-0.05, 0) is 79.7 Å². The number of rotatable bonds is 3. The van der Waals surface area contributed by atoms with Crippen molar-refractivity contribution in [1.82, 2.24) is 29.9 Å². The molecule has 0 atom stereocenters. The lowest BCUT2D eigenvalue weighted by atomic mass is 10.0. The molecule has 0 aliphatic carbocycles. The summed E-state index contributed by atoms with van der Waals surface area (Å²) in [5.74, 6) is 1.23. The Balaban J connectivity index is 0.000000211. The van der Waals surface area contributed by atoms with E-state index in [4.69, 9.17) is 0 Å². The summed E-state index contributed by atoms with van der Waals surface area (Å²) in [6.45, 7) is 15.4. The highest BCUT2D eigenvalue weighted by atomic mass is 19.4. The Labute approximate surface area is 219 Å². The van der Waals surface area contributed by atoms with E-state index in [2.05, 4.69) is 61.3 Å². The van der Waals surface area contributed by atoms with Gasteiger partial charge in [0, 0.05) is 11.1 Å². The van der Waals surface area contributed by atoms with Crippen LogP contribution in [0.15, 0.2) is 36.9 Å². The lowest BCUT2D eigenvalue weighted by Crippen LogP contribution is -2.27. The van der Waals surface area contributed by atoms with Crippen LogP contribution in [0.3, 0.4) is 0 Å². The van der Waals surface area contributed by atoms with Gasteiger partial charge in [-0.25, -0.2) is 29.9 Å². The number of aromatic nitrogens is 6. The standard InChI is InChI=1S/C14H20N4O.C12H13F3N4/c1-13(2,3)18-12-9-6-7-10(14(4,5)19)17-11(9)15-8-16-12;1-11(2,3)19-10-7-4-5-8(12(13,14)15)18-9(7)16-6-17-10/h6-8,19H,1-5H3,(H,15,16,17,18);4-6H,1-3H3,(H,16,17,18,19). The van der Waals surface area contributed by atoms with Gasteiger partial charge in [0.1, 0.15) is 35.6 Å². The minimum absolute atomic E-state index is 0.0246. The second-order valence-corrected chi connectivity index (χ2v) is 11.4. The van der Waals surface area contributed by atoms with Crippen molar-refractivity contribution in [3.05, 3.63) is 48.3 Å². The van der Waals surface area contributed by atoms with E-state index < -0.39 is 17.5 Å². The first kappa shape index (κ1) is 28.9. The highest BCUT2D eigenvalue weighted by molar-refractivity contribution is 5.87. The minimum atomic E-state index is -4.48. The van der Waals surface area contributed by atoms with Gasteiger partial charge in [0.25, 0.3) is 0 Å². The summed E-state index contributed by atoms with van der Waals surface area (Å²) < 4.78 is 37.7. The number of aliphatic hydroxyl groups is 1. The Morgan fingerprint density at radius 3 is 1.37 bits per heavy atom. The predicted molar refractivity (Wildman–Crippen MR) is 142 cm³/mol. The van der Waals surface area contributed by atoms with E-state index in [1.807, 2.05) is 26.8 Å². The van der Waals surface area contributed by atoms with Crippen molar-refractivity contribution in [3.8, 4) is 0 Å². The maximum Gasteiger partial charge on any atom is 0.433 e. The fourth-order valence-electron chi connectivity index (χ4n) is 3.29. The number of pyridine rings is 2. The first-order valence-electron chi connectivity index (χ1n) is 11.9. The van der Waals surface area contributed by atoms with Gasteiger partial charge in [-0.2, -0.15) is 13.2 Å². The lowest BCUT2D eigenvalue weighted by Gasteiger charge is -2.22. The van der Waals surface area contributed by atoms with Gasteiger partial charge in [-0.3, -0.25) is 0 Å². The Bertz CT molecular complexity index is 1310. The summed E-state index contributed by atoms with van der Waals surface area (Å²) in [6, 6.07) is 5.96. The maximum absolute atomic E-state index is 12.6. The Hall–Kier alpha value is -3.67. The smallest absolute Gasteiger partial charge is 0.384 e. The first-order chi connectivity index (χ1) is 17.3. The third-order valence-electron chi connectivity index (χ3n) is 4.90. The maximum atomic E-state index is 12.6. The molecule has 4 aromatic rings. The van der Waals surface area contributed by atoms with Crippen LogP contribution in [0.5, 0.6) is 0 Å². The number of fused-ring (bicyclic) bond motifs is 2. The van der Waals surface area contributed by atoms with Crippen molar-refractivity contribution in [2.24, 2.45) is 0 Å². The van der Waals surface area contributed by atoms with Crippen molar-refractivity contribution >= 4 is 33.7 Å². The fraction of sp³-hybridized carbons (Fsp3) is 0.462. The van der Waals surface area contributed by atoms with Gasteiger partial charge in [0.15, 0.2) is 11.3 Å². The molecule has 3 N–H and O–H groups in total. The second-order valence-electron chi connectivity index (χ2n) is 11.4.